The summed E-state index contributed by atoms with van der Waals surface area (Å²) in [4.78, 5) is 41.8. The van der Waals surface area contributed by atoms with Crippen molar-refractivity contribution in [3.05, 3.63) is 20.8 Å². The molecule has 30 heavy (non-hydrogen) atoms. The van der Waals surface area contributed by atoms with Crippen molar-refractivity contribution in [2.75, 3.05) is 23.7 Å². The molecule has 0 saturated heterocycles. The molecule has 1 fully saturated rings. The van der Waals surface area contributed by atoms with Gasteiger partial charge in [0.25, 0.3) is 5.56 Å². The number of unbranched alkanes of at least 4 members (excludes halogenated alkanes) is 1. The Balaban J connectivity index is 2.24. The fraction of sp³-hybridized carbons (Fsp3) is 0.773. The average Bonchev–Trinajstić information content (AvgIpc) is 2.66. The van der Waals surface area contributed by atoms with Crippen LogP contribution < -0.4 is 27.2 Å². The third-order valence-corrected chi connectivity index (χ3v) is 5.72. The molecule has 1 aromatic rings. The first kappa shape index (κ1) is 24.2. The number of nitrogens with two attached hydrogens (primary N) is 1. The molecular formula is C22H39N5O3. The van der Waals surface area contributed by atoms with E-state index in [2.05, 4.69) is 10.3 Å². The fourth-order valence-electron chi connectivity index (χ4n) is 4.05. The molecular weight excluding hydrogens is 382 g/mol. The number of amides is 1. The van der Waals surface area contributed by atoms with Gasteiger partial charge in [0.15, 0.2) is 5.69 Å². The molecule has 1 aliphatic rings. The molecule has 1 amide bonds. The van der Waals surface area contributed by atoms with Gasteiger partial charge in [-0.3, -0.25) is 19.1 Å². The van der Waals surface area contributed by atoms with Gasteiger partial charge in [-0.05, 0) is 25.2 Å². The summed E-state index contributed by atoms with van der Waals surface area (Å²) in [7, 11) is 0. The van der Waals surface area contributed by atoms with E-state index in [0.29, 0.717) is 19.1 Å². The van der Waals surface area contributed by atoms with Crippen LogP contribution in [0.5, 0.6) is 0 Å². The molecule has 0 aromatic carbocycles. The Labute approximate surface area is 179 Å². The number of carbonyl (C=O) groups excluding carboxylic acids is 1. The number of hydrogen-bond donors (Lipinski definition) is 3. The van der Waals surface area contributed by atoms with Crippen molar-refractivity contribution in [3.63, 3.8) is 0 Å². The summed E-state index contributed by atoms with van der Waals surface area (Å²) >= 11 is 0. The zero-order valence-corrected chi connectivity index (χ0v) is 18.8. The molecule has 2 rings (SSSR count). The Hall–Kier alpha value is -2.09. The van der Waals surface area contributed by atoms with Gasteiger partial charge in [0, 0.05) is 19.1 Å². The van der Waals surface area contributed by atoms with Gasteiger partial charge in [0.05, 0.1) is 6.54 Å². The van der Waals surface area contributed by atoms with Gasteiger partial charge in [-0.2, -0.15) is 0 Å². The standard InChI is InChI=1S/C22H39N5O3/c1-4-5-13-26(18(28)14-24-17-11-9-7-6-8-10-12-17)19-20(23)27(15-16(2)3)22(30)25-21(19)29/h16-17,24H,4-15,23H2,1-3H3,(H,25,29,30). The van der Waals surface area contributed by atoms with Gasteiger partial charge in [-0.25, -0.2) is 4.79 Å². The molecule has 0 atom stereocenters. The van der Waals surface area contributed by atoms with Crippen LogP contribution in [0, 0.1) is 5.92 Å². The van der Waals surface area contributed by atoms with E-state index in [1.165, 1.54) is 41.6 Å². The second-order valence-corrected chi connectivity index (χ2v) is 8.82. The van der Waals surface area contributed by atoms with Crippen molar-refractivity contribution in [1.82, 2.24) is 14.9 Å². The smallest absolute Gasteiger partial charge is 0.330 e. The number of aromatic amines is 1. The maximum atomic E-state index is 13.1. The number of rotatable bonds is 9. The number of hydrogen-bond acceptors (Lipinski definition) is 5. The number of aromatic nitrogens is 2. The first-order valence-corrected chi connectivity index (χ1v) is 11.5. The van der Waals surface area contributed by atoms with E-state index in [0.717, 1.165) is 25.7 Å². The average molecular weight is 422 g/mol. The van der Waals surface area contributed by atoms with Crippen molar-refractivity contribution in [2.45, 2.75) is 91.1 Å². The summed E-state index contributed by atoms with van der Waals surface area (Å²) in [6.45, 7) is 6.91. The Bertz CT molecular complexity index is 791. The van der Waals surface area contributed by atoms with E-state index in [-0.39, 0.29) is 29.9 Å². The van der Waals surface area contributed by atoms with E-state index in [1.807, 2.05) is 20.8 Å². The monoisotopic (exact) mass is 421 g/mol. The largest absolute Gasteiger partial charge is 0.383 e. The van der Waals surface area contributed by atoms with Gasteiger partial charge in [-0.15, -0.1) is 0 Å². The van der Waals surface area contributed by atoms with Crippen molar-refractivity contribution in [1.29, 1.82) is 0 Å². The molecule has 0 bridgehead atoms. The van der Waals surface area contributed by atoms with Crippen molar-refractivity contribution >= 4 is 17.4 Å². The first-order chi connectivity index (χ1) is 14.3. The first-order valence-electron chi connectivity index (χ1n) is 11.5. The fourth-order valence-corrected chi connectivity index (χ4v) is 4.05. The summed E-state index contributed by atoms with van der Waals surface area (Å²) in [5, 5.41) is 3.40. The Morgan fingerprint density at radius 3 is 2.43 bits per heavy atom. The quantitative estimate of drug-likeness (QED) is 0.567. The molecule has 4 N–H and O–H groups in total. The van der Waals surface area contributed by atoms with E-state index in [4.69, 9.17) is 5.73 Å². The second-order valence-electron chi connectivity index (χ2n) is 8.82. The zero-order chi connectivity index (χ0) is 22.1. The highest BCUT2D eigenvalue weighted by atomic mass is 16.2. The Morgan fingerprint density at radius 2 is 1.83 bits per heavy atom. The molecule has 1 saturated carbocycles. The van der Waals surface area contributed by atoms with Crippen molar-refractivity contribution in [3.8, 4) is 0 Å². The minimum absolute atomic E-state index is 0.0628. The minimum Gasteiger partial charge on any atom is -0.383 e. The second kappa shape index (κ2) is 11.9. The molecule has 0 aliphatic heterocycles. The molecule has 170 valence electrons. The van der Waals surface area contributed by atoms with Crippen LogP contribution in [-0.2, 0) is 11.3 Å². The van der Waals surface area contributed by atoms with Gasteiger partial charge in [0.2, 0.25) is 5.91 Å². The Kier molecular flexibility index (Phi) is 9.62. The van der Waals surface area contributed by atoms with Crippen LogP contribution in [0.1, 0.15) is 78.6 Å². The lowest BCUT2D eigenvalue weighted by atomic mass is 9.97. The lowest BCUT2D eigenvalue weighted by Gasteiger charge is -2.27. The van der Waals surface area contributed by atoms with E-state index in [1.54, 1.807) is 0 Å². The molecule has 1 aromatic heterocycles. The predicted octanol–water partition coefficient (Wildman–Crippen LogP) is 2.61. The van der Waals surface area contributed by atoms with Crippen LogP contribution in [0.15, 0.2) is 9.59 Å². The van der Waals surface area contributed by atoms with Gasteiger partial charge >= 0.3 is 5.69 Å². The number of carbonyl (C=O) groups is 1. The highest BCUT2D eigenvalue weighted by molar-refractivity contribution is 5.96. The highest BCUT2D eigenvalue weighted by Gasteiger charge is 2.24. The van der Waals surface area contributed by atoms with E-state index in [9.17, 15) is 14.4 Å². The van der Waals surface area contributed by atoms with Crippen LogP contribution in [0.3, 0.4) is 0 Å². The predicted molar refractivity (Wildman–Crippen MR) is 122 cm³/mol. The van der Waals surface area contributed by atoms with Crippen LogP contribution in [-0.4, -0.2) is 34.6 Å². The van der Waals surface area contributed by atoms with Gasteiger partial charge in [-0.1, -0.05) is 59.3 Å². The zero-order valence-electron chi connectivity index (χ0n) is 18.8. The summed E-state index contributed by atoms with van der Waals surface area (Å²) in [6, 6.07) is 0.327. The van der Waals surface area contributed by atoms with Crippen molar-refractivity contribution in [2.24, 2.45) is 5.92 Å². The number of nitrogens with zero attached hydrogens (tertiary/aromatic N) is 2. The lowest BCUT2D eigenvalue weighted by molar-refractivity contribution is -0.118. The summed E-state index contributed by atoms with van der Waals surface area (Å²) in [5.74, 6) is 0.0508. The normalized spacial score (nSPS) is 15.7. The SMILES string of the molecule is CCCCN(C(=O)CNC1CCCCCCC1)c1c(N)n(CC(C)C)c(=O)[nH]c1=O. The van der Waals surface area contributed by atoms with Crippen LogP contribution in [0.2, 0.25) is 0 Å². The molecule has 1 aliphatic carbocycles. The topological polar surface area (TPSA) is 113 Å². The van der Waals surface area contributed by atoms with Crippen LogP contribution in [0.25, 0.3) is 0 Å². The van der Waals surface area contributed by atoms with E-state index < -0.39 is 11.2 Å². The number of anilines is 2. The van der Waals surface area contributed by atoms with Crippen molar-refractivity contribution < 1.29 is 4.79 Å². The minimum atomic E-state index is -0.604. The Morgan fingerprint density at radius 1 is 1.20 bits per heavy atom. The van der Waals surface area contributed by atoms with Gasteiger partial charge in [0.1, 0.15) is 5.82 Å². The third-order valence-electron chi connectivity index (χ3n) is 5.72. The van der Waals surface area contributed by atoms with Crippen LogP contribution in [0.4, 0.5) is 11.5 Å². The van der Waals surface area contributed by atoms with E-state index >= 15 is 0 Å². The maximum absolute atomic E-state index is 13.1. The molecule has 0 spiro atoms. The number of H-pyrrole nitrogens is 1. The molecule has 8 heteroatoms. The lowest BCUT2D eigenvalue weighted by Crippen LogP contribution is -2.46. The third kappa shape index (κ3) is 6.72. The maximum Gasteiger partial charge on any atom is 0.330 e. The number of nitrogen functional groups attached to an aromatic ring is 1. The molecule has 0 unspecified atom stereocenters. The van der Waals surface area contributed by atoms with Gasteiger partial charge < -0.3 is 16.0 Å². The number of nitrogens with one attached hydrogen (secondary N) is 2. The summed E-state index contributed by atoms with van der Waals surface area (Å²) < 4.78 is 1.36. The molecule has 1 heterocycles. The summed E-state index contributed by atoms with van der Waals surface area (Å²) in [6.07, 6.45) is 9.92. The highest BCUT2D eigenvalue weighted by Crippen LogP contribution is 2.20. The molecule has 8 nitrogen and oxygen atoms in total. The molecule has 0 radical (unpaired) electrons. The summed E-state index contributed by atoms with van der Waals surface area (Å²) in [5.41, 5.74) is 5.20. The van der Waals surface area contributed by atoms with Crippen LogP contribution >= 0.6 is 0 Å².